The van der Waals surface area contributed by atoms with Crippen LogP contribution < -0.4 is 10.3 Å². The minimum Gasteiger partial charge on any atom is -0.474 e. The van der Waals surface area contributed by atoms with Gasteiger partial charge >= 0.3 is 0 Å². The van der Waals surface area contributed by atoms with Gasteiger partial charge in [-0.05, 0) is 12.8 Å². The van der Waals surface area contributed by atoms with Crippen LogP contribution in [0, 0.1) is 5.92 Å². The van der Waals surface area contributed by atoms with Crippen molar-refractivity contribution in [3.8, 4) is 5.88 Å². The lowest BCUT2D eigenvalue weighted by Crippen LogP contribution is -2.21. The molecule has 84 valence electrons. The second-order valence-electron chi connectivity index (χ2n) is 3.95. The van der Waals surface area contributed by atoms with Gasteiger partial charge in [0, 0.05) is 6.42 Å². The molecule has 1 heterocycles. The number of aromatic nitrogens is 2. The lowest BCUT2D eigenvalue weighted by molar-refractivity contribution is 0.162. The molecule has 0 spiro atoms. The molecular weight excluding hydrogens is 192 g/mol. The number of aromatic amines is 1. The average molecular weight is 210 g/mol. The molecule has 0 aliphatic heterocycles. The van der Waals surface area contributed by atoms with Gasteiger partial charge in [-0.15, -0.1) is 0 Å². The van der Waals surface area contributed by atoms with E-state index in [4.69, 9.17) is 4.74 Å². The second kappa shape index (κ2) is 4.96. The highest BCUT2D eigenvalue weighted by Crippen LogP contribution is 2.11. The van der Waals surface area contributed by atoms with Crippen LogP contribution in [0.15, 0.2) is 10.9 Å². The van der Waals surface area contributed by atoms with Crippen molar-refractivity contribution in [3.63, 3.8) is 0 Å². The molecule has 0 aliphatic rings. The van der Waals surface area contributed by atoms with Gasteiger partial charge < -0.3 is 9.72 Å². The van der Waals surface area contributed by atoms with E-state index in [1.165, 1.54) is 6.07 Å². The molecule has 0 fully saturated rings. The molecule has 0 saturated heterocycles. The van der Waals surface area contributed by atoms with E-state index < -0.39 is 0 Å². The first-order chi connectivity index (χ1) is 7.02. The van der Waals surface area contributed by atoms with Crippen molar-refractivity contribution in [1.82, 2.24) is 9.97 Å². The normalized spacial score (nSPS) is 12.9. The predicted octanol–water partition coefficient (Wildman–Crippen LogP) is 1.76. The summed E-state index contributed by atoms with van der Waals surface area (Å²) in [5.41, 5.74) is -0.159. The summed E-state index contributed by atoms with van der Waals surface area (Å²) >= 11 is 0. The largest absolute Gasteiger partial charge is 0.474 e. The van der Waals surface area contributed by atoms with Gasteiger partial charge in [-0.2, -0.15) is 0 Å². The maximum absolute atomic E-state index is 11.2. The summed E-state index contributed by atoms with van der Waals surface area (Å²) in [6, 6.07) is 1.39. The van der Waals surface area contributed by atoms with Crippen molar-refractivity contribution in [2.75, 3.05) is 0 Å². The van der Waals surface area contributed by atoms with Gasteiger partial charge in [0.05, 0.1) is 12.2 Å². The van der Waals surface area contributed by atoms with Gasteiger partial charge in [-0.3, -0.25) is 4.79 Å². The van der Waals surface area contributed by atoms with E-state index in [2.05, 4.69) is 23.8 Å². The Morgan fingerprint density at radius 3 is 2.67 bits per heavy atom. The van der Waals surface area contributed by atoms with Crippen molar-refractivity contribution in [2.45, 2.75) is 40.2 Å². The van der Waals surface area contributed by atoms with Crippen molar-refractivity contribution in [3.05, 3.63) is 22.2 Å². The van der Waals surface area contributed by atoms with Crippen molar-refractivity contribution >= 4 is 0 Å². The Labute approximate surface area is 89.7 Å². The number of nitrogens with one attached hydrogen (secondary N) is 1. The summed E-state index contributed by atoms with van der Waals surface area (Å²) in [5, 5.41) is 0. The van der Waals surface area contributed by atoms with E-state index in [0.29, 0.717) is 24.0 Å². The first kappa shape index (κ1) is 11.8. The molecule has 4 nitrogen and oxygen atoms in total. The van der Waals surface area contributed by atoms with Crippen molar-refractivity contribution in [2.24, 2.45) is 5.92 Å². The van der Waals surface area contributed by atoms with Gasteiger partial charge in [0.25, 0.3) is 5.56 Å². The smallest absolute Gasteiger partial charge is 0.254 e. The number of H-pyrrole nitrogens is 1. The molecule has 1 N–H and O–H groups in total. The standard InChI is InChI=1S/C11H18N2O2/c1-5-9-12-10(14)6-11(13-9)15-8(4)7(2)3/h6-8H,5H2,1-4H3,(H,12,13,14). The number of hydrogen-bond acceptors (Lipinski definition) is 3. The fourth-order valence-corrected chi connectivity index (χ4v) is 1.04. The summed E-state index contributed by atoms with van der Waals surface area (Å²) in [6.07, 6.45) is 0.756. The van der Waals surface area contributed by atoms with E-state index in [9.17, 15) is 4.79 Å². The van der Waals surface area contributed by atoms with E-state index in [-0.39, 0.29) is 11.7 Å². The lowest BCUT2D eigenvalue weighted by Gasteiger charge is -2.17. The van der Waals surface area contributed by atoms with Gasteiger partial charge in [0.15, 0.2) is 0 Å². The SMILES string of the molecule is CCc1nc(OC(C)C(C)C)cc(=O)[nH]1. The Morgan fingerprint density at radius 1 is 1.47 bits per heavy atom. The third-order valence-corrected chi connectivity index (χ3v) is 2.35. The lowest BCUT2D eigenvalue weighted by atomic mass is 10.1. The highest BCUT2D eigenvalue weighted by Gasteiger charge is 2.10. The molecule has 0 aromatic carbocycles. The molecule has 0 saturated carbocycles. The number of nitrogens with zero attached hydrogens (tertiary/aromatic N) is 1. The fraction of sp³-hybridized carbons (Fsp3) is 0.636. The molecule has 15 heavy (non-hydrogen) atoms. The topological polar surface area (TPSA) is 55.0 Å². The van der Waals surface area contributed by atoms with Gasteiger partial charge in [0.1, 0.15) is 5.82 Å². The maximum Gasteiger partial charge on any atom is 0.254 e. The first-order valence-corrected chi connectivity index (χ1v) is 5.29. The molecule has 0 bridgehead atoms. The van der Waals surface area contributed by atoms with E-state index in [1.807, 2.05) is 13.8 Å². The summed E-state index contributed by atoms with van der Waals surface area (Å²) in [5.74, 6) is 1.47. The molecule has 1 rings (SSSR count). The minimum atomic E-state index is -0.159. The van der Waals surface area contributed by atoms with E-state index in [1.54, 1.807) is 0 Å². The monoisotopic (exact) mass is 210 g/mol. The molecule has 0 aliphatic carbocycles. The van der Waals surface area contributed by atoms with Crippen LogP contribution in [0.4, 0.5) is 0 Å². The summed E-state index contributed by atoms with van der Waals surface area (Å²) < 4.78 is 5.57. The summed E-state index contributed by atoms with van der Waals surface area (Å²) in [6.45, 7) is 8.05. The Morgan fingerprint density at radius 2 is 2.13 bits per heavy atom. The van der Waals surface area contributed by atoms with Crippen LogP contribution in [0.25, 0.3) is 0 Å². The van der Waals surface area contributed by atoms with Crippen LogP contribution in [-0.4, -0.2) is 16.1 Å². The molecule has 4 heteroatoms. The van der Waals surface area contributed by atoms with Crippen LogP contribution >= 0.6 is 0 Å². The minimum absolute atomic E-state index is 0.0593. The van der Waals surface area contributed by atoms with Crippen LogP contribution in [0.2, 0.25) is 0 Å². The molecule has 1 atom stereocenters. The Balaban J connectivity index is 2.85. The molecule has 1 unspecified atom stereocenters. The first-order valence-electron chi connectivity index (χ1n) is 5.29. The zero-order valence-corrected chi connectivity index (χ0v) is 9.70. The number of hydrogen-bond donors (Lipinski definition) is 1. The number of aryl methyl sites for hydroxylation is 1. The molecule has 0 radical (unpaired) electrons. The third kappa shape index (κ3) is 3.38. The second-order valence-corrected chi connectivity index (χ2v) is 3.95. The zero-order chi connectivity index (χ0) is 11.4. The third-order valence-electron chi connectivity index (χ3n) is 2.35. The van der Waals surface area contributed by atoms with Crippen LogP contribution in [0.5, 0.6) is 5.88 Å². The molecule has 1 aromatic heterocycles. The quantitative estimate of drug-likeness (QED) is 0.823. The van der Waals surface area contributed by atoms with Crippen molar-refractivity contribution in [1.29, 1.82) is 0 Å². The summed E-state index contributed by atoms with van der Waals surface area (Å²) in [7, 11) is 0. The van der Waals surface area contributed by atoms with Gasteiger partial charge in [0.2, 0.25) is 5.88 Å². The maximum atomic E-state index is 11.2. The summed E-state index contributed by atoms with van der Waals surface area (Å²) in [4.78, 5) is 18.1. The number of ether oxygens (including phenoxy) is 1. The van der Waals surface area contributed by atoms with Gasteiger partial charge in [-0.1, -0.05) is 20.8 Å². The highest BCUT2D eigenvalue weighted by atomic mass is 16.5. The Bertz CT molecular complexity index is 371. The number of rotatable bonds is 4. The highest BCUT2D eigenvalue weighted by molar-refractivity contribution is 5.09. The van der Waals surface area contributed by atoms with Crippen LogP contribution in [0.3, 0.4) is 0 Å². The fourth-order valence-electron chi connectivity index (χ4n) is 1.04. The van der Waals surface area contributed by atoms with Crippen LogP contribution in [0.1, 0.15) is 33.5 Å². The Kier molecular flexibility index (Phi) is 3.88. The van der Waals surface area contributed by atoms with Gasteiger partial charge in [-0.25, -0.2) is 4.98 Å². The molecule has 0 amide bonds. The van der Waals surface area contributed by atoms with Crippen LogP contribution in [-0.2, 0) is 6.42 Å². The van der Waals surface area contributed by atoms with E-state index >= 15 is 0 Å². The zero-order valence-electron chi connectivity index (χ0n) is 9.70. The molecular formula is C11H18N2O2. The molecule has 1 aromatic rings. The Hall–Kier alpha value is -1.32. The van der Waals surface area contributed by atoms with E-state index in [0.717, 1.165) is 0 Å². The van der Waals surface area contributed by atoms with Crippen molar-refractivity contribution < 1.29 is 4.74 Å². The predicted molar refractivity (Wildman–Crippen MR) is 59.2 cm³/mol. The average Bonchev–Trinajstić information content (AvgIpc) is 2.16.